The smallest absolute Gasteiger partial charge is 0.262 e. The molecular weight excluding hydrogens is 390 g/mol. The van der Waals surface area contributed by atoms with Crippen molar-refractivity contribution in [3.8, 4) is 0 Å². The minimum Gasteiger partial charge on any atom is -0.351 e. The Balaban J connectivity index is 1.68. The topological polar surface area (TPSA) is 29.1 Å². The van der Waals surface area contributed by atoms with E-state index in [9.17, 15) is 4.79 Å². The highest BCUT2D eigenvalue weighted by Gasteiger charge is 2.16. The molecule has 2 aromatic heterocycles. The van der Waals surface area contributed by atoms with Gasteiger partial charge in [-0.25, -0.2) is 0 Å². The second-order valence-electron chi connectivity index (χ2n) is 4.45. The van der Waals surface area contributed by atoms with Crippen molar-refractivity contribution in [3.63, 3.8) is 0 Å². The quantitative estimate of drug-likeness (QED) is 0.628. The van der Waals surface area contributed by atoms with Crippen LogP contribution in [0.2, 0.25) is 5.02 Å². The van der Waals surface area contributed by atoms with E-state index in [-0.39, 0.29) is 5.91 Å². The number of fused-ring (bicyclic) bond motifs is 1. The summed E-state index contributed by atoms with van der Waals surface area (Å²) in [5.74, 6) is -0.100. The van der Waals surface area contributed by atoms with Crippen LogP contribution in [0.15, 0.2) is 40.2 Å². The monoisotopic (exact) mass is 399 g/mol. The van der Waals surface area contributed by atoms with E-state index in [4.69, 9.17) is 11.6 Å². The van der Waals surface area contributed by atoms with Gasteiger partial charge in [0.05, 0.1) is 8.81 Å². The highest BCUT2D eigenvalue weighted by Crippen LogP contribution is 2.34. The second kappa shape index (κ2) is 6.48. The first-order valence-corrected chi connectivity index (χ1v) is 9.15. The number of benzene rings is 1. The van der Waals surface area contributed by atoms with E-state index in [1.165, 1.54) is 16.2 Å². The van der Waals surface area contributed by atoms with Crippen LogP contribution in [-0.2, 0) is 6.42 Å². The van der Waals surface area contributed by atoms with Crippen LogP contribution in [0.3, 0.4) is 0 Å². The summed E-state index contributed by atoms with van der Waals surface area (Å²) in [7, 11) is 0. The lowest BCUT2D eigenvalue weighted by Crippen LogP contribution is -2.24. The molecule has 2 nitrogen and oxygen atoms in total. The summed E-state index contributed by atoms with van der Waals surface area (Å²) < 4.78 is 2.14. The van der Waals surface area contributed by atoms with E-state index >= 15 is 0 Å². The molecule has 0 aliphatic carbocycles. The lowest BCUT2D eigenvalue weighted by atomic mass is 10.2. The lowest BCUT2D eigenvalue weighted by molar-refractivity contribution is 0.0958. The zero-order valence-electron chi connectivity index (χ0n) is 10.9. The van der Waals surface area contributed by atoms with E-state index < -0.39 is 0 Å². The molecular formula is C15H11BrClNOS2. The molecule has 0 unspecified atom stereocenters. The van der Waals surface area contributed by atoms with Gasteiger partial charge in [-0.2, -0.15) is 0 Å². The van der Waals surface area contributed by atoms with Gasteiger partial charge in [0, 0.05) is 21.5 Å². The summed E-state index contributed by atoms with van der Waals surface area (Å²) in [4.78, 5) is 14.1. The molecule has 108 valence electrons. The third kappa shape index (κ3) is 3.31. The number of amides is 1. The summed E-state index contributed by atoms with van der Waals surface area (Å²) >= 11 is 12.8. The summed E-state index contributed by atoms with van der Waals surface area (Å²) in [5.41, 5.74) is 0. The SMILES string of the molecule is O=C(NCCc1ccc(Br)s1)c1sc2ccccc2c1Cl. The van der Waals surface area contributed by atoms with Crippen molar-refractivity contribution < 1.29 is 4.79 Å². The minimum absolute atomic E-state index is 0.100. The standard InChI is InChI=1S/C15H11BrClNOS2/c16-12-6-5-9(20-12)7-8-18-15(19)14-13(17)10-3-1-2-4-11(10)21-14/h1-6H,7-8H2,(H,18,19). The predicted octanol–water partition coefficient (Wildman–Crippen LogP) is 5.35. The van der Waals surface area contributed by atoms with Crippen molar-refractivity contribution in [2.45, 2.75) is 6.42 Å². The van der Waals surface area contributed by atoms with E-state index in [1.807, 2.05) is 30.3 Å². The Morgan fingerprint density at radius 2 is 2.00 bits per heavy atom. The molecule has 0 saturated heterocycles. The first kappa shape index (κ1) is 15.0. The number of thiophene rings is 2. The normalized spacial score (nSPS) is 11.0. The Labute approximate surface area is 143 Å². The molecule has 3 aromatic rings. The molecule has 0 aliphatic rings. The Morgan fingerprint density at radius 1 is 1.19 bits per heavy atom. The maximum Gasteiger partial charge on any atom is 0.262 e. The van der Waals surface area contributed by atoms with Crippen LogP contribution in [-0.4, -0.2) is 12.5 Å². The number of hydrogen-bond donors (Lipinski definition) is 1. The van der Waals surface area contributed by atoms with Gasteiger partial charge in [0.15, 0.2) is 0 Å². The lowest BCUT2D eigenvalue weighted by Gasteiger charge is -2.02. The van der Waals surface area contributed by atoms with Crippen LogP contribution in [0.5, 0.6) is 0 Å². The number of carbonyl (C=O) groups is 1. The van der Waals surface area contributed by atoms with E-state index in [1.54, 1.807) is 11.3 Å². The van der Waals surface area contributed by atoms with Crippen LogP contribution in [0, 0.1) is 0 Å². The van der Waals surface area contributed by atoms with Gasteiger partial charge in [0.2, 0.25) is 0 Å². The van der Waals surface area contributed by atoms with Crippen molar-refractivity contribution in [2.24, 2.45) is 0 Å². The molecule has 0 fully saturated rings. The molecule has 0 radical (unpaired) electrons. The summed E-state index contributed by atoms with van der Waals surface area (Å²) in [6.45, 7) is 0.608. The zero-order valence-corrected chi connectivity index (χ0v) is 14.8. The summed E-state index contributed by atoms with van der Waals surface area (Å²) in [6, 6.07) is 11.9. The predicted molar refractivity (Wildman–Crippen MR) is 94.9 cm³/mol. The highest BCUT2D eigenvalue weighted by atomic mass is 79.9. The molecule has 0 saturated carbocycles. The van der Waals surface area contributed by atoms with Crippen LogP contribution >= 0.6 is 50.2 Å². The Hall–Kier alpha value is -0.880. The van der Waals surface area contributed by atoms with Gasteiger partial charge < -0.3 is 5.32 Å². The molecule has 0 spiro atoms. The van der Waals surface area contributed by atoms with Crippen molar-refractivity contribution in [1.82, 2.24) is 5.32 Å². The van der Waals surface area contributed by atoms with Gasteiger partial charge in [-0.05, 0) is 40.5 Å². The van der Waals surface area contributed by atoms with E-state index in [0.29, 0.717) is 16.4 Å². The molecule has 0 bridgehead atoms. The molecule has 21 heavy (non-hydrogen) atoms. The first-order valence-electron chi connectivity index (χ1n) is 6.34. The third-order valence-corrected chi connectivity index (χ3v) is 6.38. The van der Waals surface area contributed by atoms with E-state index in [0.717, 1.165) is 20.3 Å². The van der Waals surface area contributed by atoms with Crippen LogP contribution in [0.25, 0.3) is 10.1 Å². The number of carbonyl (C=O) groups excluding carboxylic acids is 1. The number of halogens is 2. The minimum atomic E-state index is -0.100. The van der Waals surface area contributed by atoms with Crippen molar-refractivity contribution in [3.05, 3.63) is 55.0 Å². The van der Waals surface area contributed by atoms with Crippen LogP contribution < -0.4 is 5.32 Å². The number of rotatable bonds is 4. The maximum atomic E-state index is 12.2. The Morgan fingerprint density at radius 3 is 2.71 bits per heavy atom. The molecule has 1 aromatic carbocycles. The Bertz CT molecular complexity index is 796. The van der Waals surface area contributed by atoms with Crippen molar-refractivity contribution in [1.29, 1.82) is 0 Å². The number of hydrogen-bond acceptors (Lipinski definition) is 3. The highest BCUT2D eigenvalue weighted by molar-refractivity contribution is 9.11. The van der Waals surface area contributed by atoms with Gasteiger partial charge in [-0.15, -0.1) is 22.7 Å². The van der Waals surface area contributed by atoms with Gasteiger partial charge >= 0.3 is 0 Å². The fourth-order valence-corrected chi connectivity index (χ4v) is 4.94. The molecule has 3 rings (SSSR count). The molecule has 0 atom stereocenters. The fraction of sp³-hybridized carbons (Fsp3) is 0.133. The average molecular weight is 401 g/mol. The third-order valence-electron chi connectivity index (χ3n) is 3.03. The van der Waals surface area contributed by atoms with Gasteiger partial charge in [0.25, 0.3) is 5.91 Å². The fourth-order valence-electron chi connectivity index (χ4n) is 2.03. The number of nitrogens with one attached hydrogen (secondary N) is 1. The van der Waals surface area contributed by atoms with Crippen LogP contribution in [0.4, 0.5) is 0 Å². The maximum absolute atomic E-state index is 12.2. The summed E-state index contributed by atoms with van der Waals surface area (Å²) in [5, 5.41) is 4.43. The largest absolute Gasteiger partial charge is 0.351 e. The van der Waals surface area contributed by atoms with Crippen molar-refractivity contribution in [2.75, 3.05) is 6.54 Å². The van der Waals surface area contributed by atoms with Crippen LogP contribution in [0.1, 0.15) is 14.5 Å². The van der Waals surface area contributed by atoms with Gasteiger partial charge in [-0.3, -0.25) is 4.79 Å². The molecule has 1 N–H and O–H groups in total. The molecule has 1 amide bonds. The first-order chi connectivity index (χ1) is 10.1. The molecule has 0 aliphatic heterocycles. The van der Waals surface area contributed by atoms with E-state index in [2.05, 4.69) is 27.3 Å². The van der Waals surface area contributed by atoms with Gasteiger partial charge in [0.1, 0.15) is 4.88 Å². The Kier molecular flexibility index (Phi) is 4.64. The van der Waals surface area contributed by atoms with Gasteiger partial charge in [-0.1, -0.05) is 29.8 Å². The molecule has 6 heteroatoms. The zero-order chi connectivity index (χ0) is 14.8. The van der Waals surface area contributed by atoms with Crippen molar-refractivity contribution >= 4 is 66.2 Å². The summed E-state index contributed by atoms with van der Waals surface area (Å²) in [6.07, 6.45) is 0.824. The average Bonchev–Trinajstić information content (AvgIpc) is 3.03. The molecule has 2 heterocycles. The second-order valence-corrected chi connectivity index (χ2v) is 8.43.